The average Bonchev–Trinajstić information content (AvgIpc) is 3.23. The third kappa shape index (κ3) is 5.25. The van der Waals surface area contributed by atoms with Crippen LogP contribution >= 0.6 is 11.6 Å². The minimum atomic E-state index is 0.605. The zero-order valence-corrected chi connectivity index (χ0v) is 17.2. The molecule has 1 aromatic carbocycles. The first-order valence-electron chi connectivity index (χ1n) is 9.73. The second-order valence-corrected chi connectivity index (χ2v) is 7.52. The van der Waals surface area contributed by atoms with Crippen LogP contribution in [-0.2, 0) is 12.8 Å². The van der Waals surface area contributed by atoms with Crippen LogP contribution in [-0.4, -0.2) is 59.9 Å². The van der Waals surface area contributed by atoms with Crippen LogP contribution in [0.4, 0.5) is 6.01 Å². The van der Waals surface area contributed by atoms with Gasteiger partial charge in [-0.3, -0.25) is 4.90 Å². The summed E-state index contributed by atoms with van der Waals surface area (Å²) in [6.45, 7) is 4.71. The van der Waals surface area contributed by atoms with Gasteiger partial charge in [0, 0.05) is 56.4 Å². The number of methoxy groups -OCH3 is 1. The largest absolute Gasteiger partial charge is 0.481 e. The lowest BCUT2D eigenvalue weighted by Gasteiger charge is -2.33. The van der Waals surface area contributed by atoms with Gasteiger partial charge in [0.25, 0.3) is 0 Å². The van der Waals surface area contributed by atoms with E-state index in [0.717, 1.165) is 49.7 Å². The van der Waals surface area contributed by atoms with Gasteiger partial charge in [-0.05, 0) is 29.7 Å². The molecular weight excluding hydrogens is 390 g/mol. The number of hydrogen-bond donors (Lipinski definition) is 0. The van der Waals surface area contributed by atoms with E-state index in [1.807, 2.05) is 36.5 Å². The Bertz CT molecular complexity index is 906. The fourth-order valence-electron chi connectivity index (χ4n) is 3.36. The van der Waals surface area contributed by atoms with E-state index in [2.05, 4.69) is 31.0 Å². The minimum absolute atomic E-state index is 0.605. The number of pyridine rings is 1. The number of nitrogens with zero attached hydrogens (tertiary/aromatic N) is 5. The summed E-state index contributed by atoms with van der Waals surface area (Å²) in [5.41, 5.74) is 2.33. The van der Waals surface area contributed by atoms with E-state index in [4.69, 9.17) is 20.9 Å². The van der Waals surface area contributed by atoms with Gasteiger partial charge >= 0.3 is 6.01 Å². The summed E-state index contributed by atoms with van der Waals surface area (Å²) in [5, 5.41) is 4.85. The van der Waals surface area contributed by atoms with Crippen LogP contribution in [0.1, 0.15) is 17.0 Å². The van der Waals surface area contributed by atoms with Crippen LogP contribution in [0, 0.1) is 0 Å². The Balaban J connectivity index is 1.25. The first-order valence-corrected chi connectivity index (χ1v) is 10.1. The second kappa shape index (κ2) is 9.24. The predicted octanol–water partition coefficient (Wildman–Crippen LogP) is 3.08. The van der Waals surface area contributed by atoms with Crippen molar-refractivity contribution in [1.82, 2.24) is 20.0 Å². The first-order chi connectivity index (χ1) is 14.2. The smallest absolute Gasteiger partial charge is 0.324 e. The van der Waals surface area contributed by atoms with Crippen molar-refractivity contribution in [2.45, 2.75) is 12.8 Å². The Kier molecular flexibility index (Phi) is 6.27. The first kappa shape index (κ1) is 19.7. The summed E-state index contributed by atoms with van der Waals surface area (Å²) >= 11 is 5.93. The third-order valence-electron chi connectivity index (χ3n) is 5.10. The number of ether oxygens (including phenoxy) is 1. The molecule has 1 saturated heterocycles. The molecule has 2 aromatic heterocycles. The molecule has 1 aliphatic rings. The third-order valence-corrected chi connectivity index (χ3v) is 5.35. The highest BCUT2D eigenvalue weighted by atomic mass is 35.5. The zero-order chi connectivity index (χ0) is 20.1. The van der Waals surface area contributed by atoms with Crippen molar-refractivity contribution in [3.05, 3.63) is 64.6 Å². The maximum Gasteiger partial charge on any atom is 0.324 e. The molecule has 0 aliphatic carbocycles. The van der Waals surface area contributed by atoms with Crippen molar-refractivity contribution in [2.24, 2.45) is 0 Å². The highest BCUT2D eigenvalue weighted by Crippen LogP contribution is 2.17. The van der Waals surface area contributed by atoms with E-state index in [-0.39, 0.29) is 0 Å². The number of anilines is 1. The molecule has 0 saturated carbocycles. The van der Waals surface area contributed by atoms with Crippen LogP contribution in [0.15, 0.2) is 47.1 Å². The lowest BCUT2D eigenvalue weighted by molar-refractivity contribution is 0.253. The Morgan fingerprint density at radius 3 is 2.48 bits per heavy atom. The van der Waals surface area contributed by atoms with Gasteiger partial charge in [-0.2, -0.15) is 4.98 Å². The summed E-state index contributed by atoms with van der Waals surface area (Å²) in [4.78, 5) is 13.4. The molecule has 29 heavy (non-hydrogen) atoms. The van der Waals surface area contributed by atoms with Gasteiger partial charge in [-0.15, -0.1) is 0 Å². The van der Waals surface area contributed by atoms with Crippen molar-refractivity contribution < 1.29 is 9.26 Å². The molecule has 0 spiro atoms. The molecule has 3 aromatic rings. The van der Waals surface area contributed by atoms with Crippen molar-refractivity contribution >= 4 is 17.6 Å². The molecule has 3 heterocycles. The van der Waals surface area contributed by atoms with Gasteiger partial charge in [0.2, 0.25) is 5.88 Å². The number of rotatable bonds is 7. The van der Waals surface area contributed by atoms with Crippen molar-refractivity contribution in [1.29, 1.82) is 0 Å². The fraction of sp³-hybridized carbons (Fsp3) is 0.381. The number of aromatic nitrogens is 3. The molecule has 1 fully saturated rings. The van der Waals surface area contributed by atoms with Crippen LogP contribution < -0.4 is 9.64 Å². The lowest BCUT2D eigenvalue weighted by Crippen LogP contribution is -2.47. The number of halogens is 1. The maximum atomic E-state index is 5.93. The molecule has 152 valence electrons. The summed E-state index contributed by atoms with van der Waals surface area (Å²) in [6.07, 6.45) is 3.50. The molecule has 0 bridgehead atoms. The quantitative estimate of drug-likeness (QED) is 0.589. The maximum absolute atomic E-state index is 5.93. The SMILES string of the molecule is COc1ccc(CCN2CCN(c3nc(Cc4ccc(Cl)cc4)no3)CC2)cn1. The van der Waals surface area contributed by atoms with Crippen LogP contribution in [0.25, 0.3) is 0 Å². The van der Waals surface area contributed by atoms with Crippen LogP contribution in [0.5, 0.6) is 5.88 Å². The summed E-state index contributed by atoms with van der Waals surface area (Å²) in [6, 6.07) is 12.3. The van der Waals surface area contributed by atoms with Gasteiger partial charge in [0.1, 0.15) is 0 Å². The number of benzene rings is 1. The Labute approximate surface area is 175 Å². The Morgan fingerprint density at radius 1 is 1.03 bits per heavy atom. The van der Waals surface area contributed by atoms with Gasteiger partial charge in [0.05, 0.1) is 7.11 Å². The van der Waals surface area contributed by atoms with Gasteiger partial charge in [-0.1, -0.05) is 35.0 Å². The van der Waals surface area contributed by atoms with Crippen molar-refractivity contribution in [3.8, 4) is 5.88 Å². The van der Waals surface area contributed by atoms with Gasteiger partial charge in [0.15, 0.2) is 5.82 Å². The second-order valence-electron chi connectivity index (χ2n) is 7.08. The molecule has 0 amide bonds. The minimum Gasteiger partial charge on any atom is -0.481 e. The van der Waals surface area contributed by atoms with E-state index < -0.39 is 0 Å². The topological polar surface area (TPSA) is 67.5 Å². The van der Waals surface area contributed by atoms with E-state index >= 15 is 0 Å². The highest BCUT2D eigenvalue weighted by Gasteiger charge is 2.21. The molecule has 0 radical (unpaired) electrons. The van der Waals surface area contributed by atoms with Crippen LogP contribution in [0.2, 0.25) is 5.02 Å². The summed E-state index contributed by atoms with van der Waals surface area (Å²) in [7, 11) is 1.63. The molecule has 0 N–H and O–H groups in total. The highest BCUT2D eigenvalue weighted by molar-refractivity contribution is 6.30. The Hall–Kier alpha value is -2.64. The zero-order valence-electron chi connectivity index (χ0n) is 16.4. The van der Waals surface area contributed by atoms with Crippen molar-refractivity contribution in [2.75, 3.05) is 44.7 Å². The number of piperazine rings is 1. The molecule has 8 heteroatoms. The molecular formula is C21H24ClN5O2. The predicted molar refractivity (Wildman–Crippen MR) is 112 cm³/mol. The molecule has 4 rings (SSSR count). The standard InChI is InChI=1S/C21H24ClN5O2/c1-28-20-7-4-17(15-23-20)8-9-26-10-12-27(13-11-26)21-24-19(25-29-21)14-16-2-5-18(22)6-3-16/h2-7,15H,8-14H2,1H3. The summed E-state index contributed by atoms with van der Waals surface area (Å²) < 4.78 is 10.6. The van der Waals surface area contributed by atoms with Crippen molar-refractivity contribution in [3.63, 3.8) is 0 Å². The van der Waals surface area contributed by atoms with Gasteiger partial charge < -0.3 is 14.2 Å². The molecule has 7 nitrogen and oxygen atoms in total. The van der Waals surface area contributed by atoms with E-state index in [0.29, 0.717) is 24.1 Å². The molecule has 0 unspecified atom stereocenters. The van der Waals surface area contributed by atoms with Gasteiger partial charge in [-0.25, -0.2) is 4.98 Å². The van der Waals surface area contributed by atoms with Crippen LogP contribution in [0.3, 0.4) is 0 Å². The number of hydrogen-bond acceptors (Lipinski definition) is 7. The fourth-order valence-corrected chi connectivity index (χ4v) is 3.49. The van der Waals surface area contributed by atoms with E-state index in [1.54, 1.807) is 7.11 Å². The summed E-state index contributed by atoms with van der Waals surface area (Å²) in [5.74, 6) is 1.34. The molecule has 1 aliphatic heterocycles. The Morgan fingerprint density at radius 2 is 1.79 bits per heavy atom. The average molecular weight is 414 g/mol. The monoisotopic (exact) mass is 413 g/mol. The normalized spacial score (nSPS) is 14.9. The van der Waals surface area contributed by atoms with E-state index in [9.17, 15) is 0 Å². The lowest BCUT2D eigenvalue weighted by atomic mass is 10.1. The van der Waals surface area contributed by atoms with E-state index in [1.165, 1.54) is 5.56 Å². The molecule has 0 atom stereocenters.